The number of aryl methyl sites for hydroxylation is 1. The van der Waals surface area contributed by atoms with Crippen LogP contribution < -0.4 is 5.32 Å². The van der Waals surface area contributed by atoms with Crippen molar-refractivity contribution in [2.45, 2.75) is 18.9 Å². The Morgan fingerprint density at radius 2 is 2.35 bits per heavy atom. The molecule has 0 radical (unpaired) electrons. The topological polar surface area (TPSA) is 42.7 Å². The molecule has 0 bridgehead atoms. The molecule has 3 heterocycles. The minimum Gasteiger partial charge on any atom is -0.309 e. The van der Waals surface area contributed by atoms with Gasteiger partial charge >= 0.3 is 0 Å². The quantitative estimate of drug-likeness (QED) is 0.853. The first kappa shape index (κ1) is 10.5. The van der Waals surface area contributed by atoms with Crippen molar-refractivity contribution in [2.75, 3.05) is 6.54 Å². The van der Waals surface area contributed by atoms with Crippen molar-refractivity contribution in [3.63, 3.8) is 0 Å². The van der Waals surface area contributed by atoms with Gasteiger partial charge in [0, 0.05) is 36.6 Å². The third-order valence-corrected chi connectivity index (χ3v) is 3.35. The highest BCUT2D eigenvalue weighted by molar-refractivity contribution is 5.65. The molecule has 4 nitrogen and oxygen atoms in total. The lowest BCUT2D eigenvalue weighted by molar-refractivity contribution is 0.575. The molecule has 1 saturated heterocycles. The average Bonchev–Trinajstić information content (AvgIpc) is 2.99. The molecular weight excluding hydrogens is 212 g/mol. The number of hydrogen-bond donors (Lipinski definition) is 1. The molecule has 1 fully saturated rings. The van der Waals surface area contributed by atoms with E-state index in [9.17, 15) is 0 Å². The summed E-state index contributed by atoms with van der Waals surface area (Å²) in [5.41, 5.74) is 3.61. The van der Waals surface area contributed by atoms with E-state index in [2.05, 4.69) is 21.5 Å². The Morgan fingerprint density at radius 3 is 3.06 bits per heavy atom. The van der Waals surface area contributed by atoms with Crippen LogP contribution in [0.25, 0.3) is 11.1 Å². The van der Waals surface area contributed by atoms with Crippen LogP contribution in [0.1, 0.15) is 24.6 Å². The Hall–Kier alpha value is -1.68. The van der Waals surface area contributed by atoms with E-state index in [0.717, 1.165) is 12.1 Å². The molecule has 2 aromatic heterocycles. The van der Waals surface area contributed by atoms with E-state index in [1.54, 1.807) is 6.20 Å². The predicted molar refractivity (Wildman–Crippen MR) is 66.4 cm³/mol. The summed E-state index contributed by atoms with van der Waals surface area (Å²) in [5, 5.41) is 7.92. The maximum atomic E-state index is 4.39. The van der Waals surface area contributed by atoms with Gasteiger partial charge in [0.05, 0.1) is 11.9 Å². The first-order valence-electron chi connectivity index (χ1n) is 6.02. The minimum absolute atomic E-state index is 0.428. The Balaban J connectivity index is 2.06. The van der Waals surface area contributed by atoms with Gasteiger partial charge in [-0.25, -0.2) is 0 Å². The van der Waals surface area contributed by atoms with Gasteiger partial charge in [0.25, 0.3) is 0 Å². The molecule has 1 unspecified atom stereocenters. The van der Waals surface area contributed by atoms with E-state index >= 15 is 0 Å². The Morgan fingerprint density at radius 1 is 1.41 bits per heavy atom. The highest BCUT2D eigenvalue weighted by atomic mass is 15.3. The number of nitrogens with one attached hydrogen (secondary N) is 1. The first-order valence-corrected chi connectivity index (χ1v) is 6.02. The maximum absolute atomic E-state index is 4.39. The van der Waals surface area contributed by atoms with E-state index in [1.807, 2.05) is 30.2 Å². The van der Waals surface area contributed by atoms with Crippen LogP contribution in [0.2, 0.25) is 0 Å². The zero-order chi connectivity index (χ0) is 11.7. The molecular formula is C13H16N4. The molecule has 0 amide bonds. The van der Waals surface area contributed by atoms with Crippen LogP contribution in [-0.2, 0) is 7.05 Å². The highest BCUT2D eigenvalue weighted by Crippen LogP contribution is 2.31. The van der Waals surface area contributed by atoms with E-state index in [-0.39, 0.29) is 0 Å². The lowest BCUT2D eigenvalue weighted by atomic mass is 10.0. The van der Waals surface area contributed by atoms with E-state index in [4.69, 9.17) is 0 Å². The van der Waals surface area contributed by atoms with E-state index < -0.39 is 0 Å². The second-order valence-corrected chi connectivity index (χ2v) is 4.46. The SMILES string of the molecule is Cn1ncc(-c2cccnc2)c1C1CCCN1. The molecule has 1 aliphatic heterocycles. The Labute approximate surface area is 101 Å². The molecule has 1 atom stereocenters. The highest BCUT2D eigenvalue weighted by Gasteiger charge is 2.23. The number of hydrogen-bond acceptors (Lipinski definition) is 3. The van der Waals surface area contributed by atoms with Gasteiger partial charge in [-0.2, -0.15) is 5.10 Å². The first-order chi connectivity index (χ1) is 8.36. The summed E-state index contributed by atoms with van der Waals surface area (Å²) < 4.78 is 1.98. The zero-order valence-corrected chi connectivity index (χ0v) is 9.93. The summed E-state index contributed by atoms with van der Waals surface area (Å²) in [6.07, 6.45) is 8.06. The normalized spacial score (nSPS) is 19.7. The zero-order valence-electron chi connectivity index (χ0n) is 9.93. The summed E-state index contributed by atoms with van der Waals surface area (Å²) in [5.74, 6) is 0. The molecule has 88 valence electrons. The lowest BCUT2D eigenvalue weighted by Gasteiger charge is -2.13. The van der Waals surface area contributed by atoms with Crippen molar-refractivity contribution in [3.8, 4) is 11.1 Å². The standard InChI is InChI=1S/C13H16N4/c1-17-13(12-5-3-7-15-12)11(9-16-17)10-4-2-6-14-8-10/h2,4,6,8-9,12,15H,3,5,7H2,1H3. The number of pyridine rings is 1. The minimum atomic E-state index is 0.428. The second-order valence-electron chi connectivity index (χ2n) is 4.46. The number of aromatic nitrogens is 3. The molecule has 4 heteroatoms. The molecule has 0 aliphatic carbocycles. The van der Waals surface area contributed by atoms with Gasteiger partial charge in [-0.1, -0.05) is 6.07 Å². The van der Waals surface area contributed by atoms with Crippen molar-refractivity contribution >= 4 is 0 Å². The Bertz CT molecular complexity index is 497. The van der Waals surface area contributed by atoms with Gasteiger partial charge in [-0.3, -0.25) is 9.67 Å². The third-order valence-electron chi connectivity index (χ3n) is 3.35. The molecule has 0 spiro atoms. The second kappa shape index (κ2) is 4.30. The van der Waals surface area contributed by atoms with Crippen LogP contribution in [0.15, 0.2) is 30.7 Å². The predicted octanol–water partition coefficient (Wildman–Crippen LogP) is 1.91. The maximum Gasteiger partial charge on any atom is 0.0629 e. The van der Waals surface area contributed by atoms with Crippen molar-refractivity contribution in [1.29, 1.82) is 0 Å². The van der Waals surface area contributed by atoms with Crippen molar-refractivity contribution in [1.82, 2.24) is 20.1 Å². The van der Waals surface area contributed by atoms with Gasteiger partial charge in [-0.15, -0.1) is 0 Å². The van der Waals surface area contributed by atoms with Gasteiger partial charge in [0.2, 0.25) is 0 Å². The van der Waals surface area contributed by atoms with Crippen molar-refractivity contribution < 1.29 is 0 Å². The number of nitrogens with zero attached hydrogens (tertiary/aromatic N) is 3. The summed E-state index contributed by atoms with van der Waals surface area (Å²) in [7, 11) is 2.01. The lowest BCUT2D eigenvalue weighted by Crippen LogP contribution is -2.17. The van der Waals surface area contributed by atoms with E-state index in [1.165, 1.54) is 24.1 Å². The summed E-state index contributed by atoms with van der Waals surface area (Å²) in [6.45, 7) is 1.10. The largest absolute Gasteiger partial charge is 0.309 e. The summed E-state index contributed by atoms with van der Waals surface area (Å²) >= 11 is 0. The van der Waals surface area contributed by atoms with Crippen LogP contribution >= 0.6 is 0 Å². The fraction of sp³-hybridized carbons (Fsp3) is 0.385. The van der Waals surface area contributed by atoms with Crippen LogP contribution in [0.5, 0.6) is 0 Å². The molecule has 0 saturated carbocycles. The summed E-state index contributed by atoms with van der Waals surface area (Å²) in [4.78, 5) is 4.18. The monoisotopic (exact) mass is 228 g/mol. The van der Waals surface area contributed by atoms with E-state index in [0.29, 0.717) is 6.04 Å². The fourth-order valence-corrected chi connectivity index (χ4v) is 2.52. The fourth-order valence-electron chi connectivity index (χ4n) is 2.52. The van der Waals surface area contributed by atoms with Crippen LogP contribution in [-0.4, -0.2) is 21.3 Å². The van der Waals surface area contributed by atoms with Gasteiger partial charge < -0.3 is 5.32 Å². The van der Waals surface area contributed by atoms with Gasteiger partial charge in [0.15, 0.2) is 0 Å². The molecule has 3 rings (SSSR count). The van der Waals surface area contributed by atoms with Gasteiger partial charge in [-0.05, 0) is 25.5 Å². The van der Waals surface area contributed by atoms with Crippen molar-refractivity contribution in [2.24, 2.45) is 7.05 Å². The Kier molecular flexibility index (Phi) is 2.65. The molecule has 1 N–H and O–H groups in total. The van der Waals surface area contributed by atoms with Crippen LogP contribution in [0, 0.1) is 0 Å². The molecule has 1 aliphatic rings. The van der Waals surface area contributed by atoms with Crippen molar-refractivity contribution in [3.05, 3.63) is 36.4 Å². The smallest absolute Gasteiger partial charge is 0.0629 e. The summed E-state index contributed by atoms with van der Waals surface area (Å²) in [6, 6.07) is 4.48. The van der Waals surface area contributed by atoms with Gasteiger partial charge in [0.1, 0.15) is 0 Å². The van der Waals surface area contributed by atoms with Crippen LogP contribution in [0.3, 0.4) is 0 Å². The molecule has 17 heavy (non-hydrogen) atoms. The third kappa shape index (κ3) is 1.85. The van der Waals surface area contributed by atoms with Crippen LogP contribution in [0.4, 0.5) is 0 Å². The number of rotatable bonds is 2. The molecule has 2 aromatic rings. The molecule has 0 aromatic carbocycles. The average molecular weight is 228 g/mol.